The molecule has 2 aromatic rings. The van der Waals surface area contributed by atoms with E-state index in [1.807, 2.05) is 6.20 Å². The third-order valence-electron chi connectivity index (χ3n) is 6.95. The monoisotopic (exact) mass is 346 g/mol. The summed E-state index contributed by atoms with van der Waals surface area (Å²) < 4.78 is 0. The number of hydrogen-bond acceptors (Lipinski definition) is 2. The molecule has 3 aliphatic rings. The molecule has 1 aliphatic heterocycles. The predicted octanol–water partition coefficient (Wildman–Crippen LogP) is 6.67. The first-order chi connectivity index (χ1) is 12.9. The molecular weight excluding hydrogens is 316 g/mol. The van der Waals surface area contributed by atoms with Crippen molar-refractivity contribution < 1.29 is 0 Å². The molecule has 0 bridgehead atoms. The molecule has 0 atom stereocenters. The van der Waals surface area contributed by atoms with E-state index in [0.29, 0.717) is 0 Å². The number of pyridine rings is 1. The molecule has 0 radical (unpaired) electrons. The summed E-state index contributed by atoms with van der Waals surface area (Å²) in [6.45, 7) is 0.952. The number of nitrogens with zero attached hydrogens (tertiary/aromatic N) is 1. The molecule has 0 unspecified atom stereocenters. The van der Waals surface area contributed by atoms with Gasteiger partial charge in [-0.15, -0.1) is 0 Å². The molecule has 1 aromatic heterocycles. The van der Waals surface area contributed by atoms with Gasteiger partial charge in [-0.3, -0.25) is 4.98 Å². The van der Waals surface area contributed by atoms with Gasteiger partial charge in [0.1, 0.15) is 0 Å². The van der Waals surface area contributed by atoms with Crippen LogP contribution < -0.4 is 5.32 Å². The zero-order chi connectivity index (χ0) is 17.3. The Balaban J connectivity index is 1.58. The van der Waals surface area contributed by atoms with E-state index in [1.54, 1.807) is 5.57 Å². The Kier molecular flexibility index (Phi) is 4.44. The normalized spacial score (nSPS) is 21.9. The van der Waals surface area contributed by atoms with Gasteiger partial charge < -0.3 is 5.32 Å². The van der Waals surface area contributed by atoms with Crippen molar-refractivity contribution in [2.45, 2.75) is 70.1 Å². The second-order valence-corrected chi connectivity index (χ2v) is 8.49. The minimum Gasteiger partial charge on any atom is -0.379 e. The summed E-state index contributed by atoms with van der Waals surface area (Å²) >= 11 is 0. The zero-order valence-electron chi connectivity index (χ0n) is 15.8. The number of nitrogens with one attached hydrogen (secondary N) is 1. The number of hydrogen-bond donors (Lipinski definition) is 1. The van der Waals surface area contributed by atoms with Crippen LogP contribution in [-0.2, 0) is 0 Å². The molecule has 0 spiro atoms. The maximum absolute atomic E-state index is 4.84. The molecule has 1 aromatic carbocycles. The van der Waals surface area contributed by atoms with E-state index in [9.17, 15) is 0 Å². The highest BCUT2D eigenvalue weighted by Gasteiger charge is 2.25. The first kappa shape index (κ1) is 16.4. The molecule has 0 amide bonds. The van der Waals surface area contributed by atoms with Gasteiger partial charge >= 0.3 is 0 Å². The lowest BCUT2D eigenvalue weighted by atomic mass is 9.78. The molecule has 5 rings (SSSR count). The van der Waals surface area contributed by atoms with Crippen LogP contribution in [0.15, 0.2) is 30.5 Å². The van der Waals surface area contributed by atoms with Crippen molar-refractivity contribution in [2.75, 3.05) is 11.9 Å². The minimum atomic E-state index is 0.726. The number of fused-ring (bicyclic) bond motifs is 3. The van der Waals surface area contributed by atoms with E-state index in [4.69, 9.17) is 4.98 Å². The zero-order valence-corrected chi connectivity index (χ0v) is 15.8. The highest BCUT2D eigenvalue weighted by atomic mass is 14.9. The van der Waals surface area contributed by atoms with E-state index < -0.39 is 0 Å². The van der Waals surface area contributed by atoms with Gasteiger partial charge in [-0.2, -0.15) is 0 Å². The summed E-state index contributed by atoms with van der Waals surface area (Å²) in [5.74, 6) is 1.48. The van der Waals surface area contributed by atoms with Crippen molar-refractivity contribution >= 4 is 22.2 Å². The summed E-state index contributed by atoms with van der Waals surface area (Å²) in [6, 6.07) is 7.04. The Bertz CT molecular complexity index is 823. The van der Waals surface area contributed by atoms with Gasteiger partial charge in [0.15, 0.2) is 0 Å². The van der Waals surface area contributed by atoms with Crippen molar-refractivity contribution in [3.63, 3.8) is 0 Å². The van der Waals surface area contributed by atoms with Crippen LogP contribution in [0, 0.1) is 5.92 Å². The van der Waals surface area contributed by atoms with Crippen LogP contribution in [0.3, 0.4) is 0 Å². The average Bonchev–Trinajstić information content (AvgIpc) is 2.74. The van der Waals surface area contributed by atoms with Gasteiger partial charge in [-0.1, -0.05) is 56.7 Å². The fraction of sp³-hybridized carbons (Fsp3) is 0.542. The fourth-order valence-corrected chi connectivity index (χ4v) is 5.60. The summed E-state index contributed by atoms with van der Waals surface area (Å²) in [6.07, 6.45) is 18.3. The van der Waals surface area contributed by atoms with Crippen LogP contribution in [0.4, 0.5) is 5.69 Å². The van der Waals surface area contributed by atoms with Crippen LogP contribution in [-0.4, -0.2) is 11.5 Å². The molecule has 2 saturated carbocycles. The van der Waals surface area contributed by atoms with Gasteiger partial charge in [0.2, 0.25) is 0 Å². The fourth-order valence-electron chi connectivity index (χ4n) is 5.60. The summed E-state index contributed by atoms with van der Waals surface area (Å²) in [7, 11) is 0. The Hall–Kier alpha value is -1.83. The predicted molar refractivity (Wildman–Crippen MR) is 111 cm³/mol. The van der Waals surface area contributed by atoms with Gasteiger partial charge in [0, 0.05) is 23.7 Å². The van der Waals surface area contributed by atoms with E-state index in [2.05, 4.69) is 29.6 Å². The standard InChI is InChI=1S/C24H30N2/c1-3-7-17(8-4-1)19-13-15-25-23-21(19)11-12-22-20(14-16-26-24(22)23)18-9-5-2-6-10-18/h11-15,17-18,26H,1-10,16H2. The van der Waals surface area contributed by atoms with Crippen molar-refractivity contribution in [3.05, 3.63) is 41.6 Å². The Labute approximate surface area is 157 Å². The third-order valence-corrected chi connectivity index (χ3v) is 6.95. The first-order valence-electron chi connectivity index (χ1n) is 10.8. The van der Waals surface area contributed by atoms with Gasteiger partial charge in [-0.25, -0.2) is 0 Å². The number of rotatable bonds is 2. The minimum absolute atomic E-state index is 0.726. The van der Waals surface area contributed by atoms with Crippen molar-refractivity contribution in [1.82, 2.24) is 4.98 Å². The Morgan fingerprint density at radius 1 is 0.808 bits per heavy atom. The number of allylic oxidation sites excluding steroid dienone is 1. The second kappa shape index (κ2) is 7.06. The summed E-state index contributed by atoms with van der Waals surface area (Å²) in [5.41, 5.74) is 7.04. The maximum atomic E-state index is 4.84. The van der Waals surface area contributed by atoms with E-state index in [0.717, 1.165) is 18.4 Å². The topological polar surface area (TPSA) is 24.9 Å². The molecule has 2 fully saturated rings. The molecule has 26 heavy (non-hydrogen) atoms. The molecule has 2 heterocycles. The van der Waals surface area contributed by atoms with Gasteiger partial charge in [-0.05, 0) is 54.7 Å². The first-order valence-corrected chi connectivity index (χ1v) is 10.8. The van der Waals surface area contributed by atoms with Crippen LogP contribution in [0.25, 0.3) is 16.5 Å². The van der Waals surface area contributed by atoms with E-state index >= 15 is 0 Å². The van der Waals surface area contributed by atoms with E-state index in [1.165, 1.54) is 91.9 Å². The van der Waals surface area contributed by atoms with Crippen LogP contribution in [0.2, 0.25) is 0 Å². The summed E-state index contributed by atoms with van der Waals surface area (Å²) in [4.78, 5) is 4.84. The number of aromatic nitrogens is 1. The largest absolute Gasteiger partial charge is 0.379 e. The highest BCUT2D eigenvalue weighted by Crippen LogP contribution is 2.44. The van der Waals surface area contributed by atoms with Crippen molar-refractivity contribution in [1.29, 1.82) is 0 Å². The lowest BCUT2D eigenvalue weighted by Gasteiger charge is -2.30. The quantitative estimate of drug-likeness (QED) is 0.656. The molecule has 2 nitrogen and oxygen atoms in total. The average molecular weight is 347 g/mol. The van der Waals surface area contributed by atoms with Crippen LogP contribution >= 0.6 is 0 Å². The SMILES string of the molecule is C1=C(C2CCCCC2)c2ccc3c(C4CCCCC4)ccnc3c2NC1. The van der Waals surface area contributed by atoms with E-state index in [-0.39, 0.29) is 0 Å². The molecule has 0 saturated heterocycles. The lowest BCUT2D eigenvalue weighted by molar-refractivity contribution is 0.429. The lowest BCUT2D eigenvalue weighted by Crippen LogP contribution is -2.16. The smallest absolute Gasteiger partial charge is 0.0942 e. The van der Waals surface area contributed by atoms with Gasteiger partial charge in [0.05, 0.1) is 11.2 Å². The molecule has 2 heteroatoms. The Morgan fingerprint density at radius 3 is 2.31 bits per heavy atom. The van der Waals surface area contributed by atoms with Crippen molar-refractivity contribution in [2.24, 2.45) is 5.92 Å². The highest BCUT2D eigenvalue weighted by molar-refractivity contribution is 6.00. The van der Waals surface area contributed by atoms with Crippen LogP contribution in [0.1, 0.15) is 81.3 Å². The van der Waals surface area contributed by atoms with Crippen molar-refractivity contribution in [3.8, 4) is 0 Å². The molecule has 2 aliphatic carbocycles. The number of anilines is 1. The molecule has 136 valence electrons. The summed E-state index contributed by atoms with van der Waals surface area (Å²) in [5, 5.41) is 5.05. The maximum Gasteiger partial charge on any atom is 0.0942 e. The van der Waals surface area contributed by atoms with Crippen LogP contribution in [0.5, 0.6) is 0 Å². The van der Waals surface area contributed by atoms with Gasteiger partial charge in [0.25, 0.3) is 0 Å². The second-order valence-electron chi connectivity index (χ2n) is 8.49. The molecule has 1 N–H and O–H groups in total. The third kappa shape index (κ3) is 2.84. The Morgan fingerprint density at radius 2 is 1.54 bits per heavy atom. The number of benzene rings is 1. The molecular formula is C24H30N2.